The van der Waals surface area contributed by atoms with E-state index in [2.05, 4.69) is 42.1 Å². The quantitative estimate of drug-likeness (QED) is 0.0194. The molecule has 25 nitrogen and oxygen atoms in total. The lowest BCUT2D eigenvalue weighted by atomic mass is 9.79. The number of aromatic amines is 3. The minimum Gasteiger partial charge on any atom is -0.411 e. The number of benzene rings is 6. The minimum atomic E-state index is -0.965. The molecule has 0 saturated carbocycles. The zero-order valence-corrected chi connectivity index (χ0v) is 65.2. The van der Waals surface area contributed by atoms with Crippen LogP contribution in [-0.2, 0) is 49.8 Å². The van der Waals surface area contributed by atoms with Crippen LogP contribution in [0.3, 0.4) is 0 Å². The Bertz CT molecular complexity index is 5340. The summed E-state index contributed by atoms with van der Waals surface area (Å²) in [6.07, 6.45) is 4.04. The number of hydrogen-bond donors (Lipinski definition) is 7. The van der Waals surface area contributed by atoms with E-state index in [-0.39, 0.29) is 103 Å². The van der Waals surface area contributed by atoms with Gasteiger partial charge in [0, 0.05) is 97.0 Å². The van der Waals surface area contributed by atoms with Crippen LogP contribution in [0.25, 0.3) is 32.7 Å². The van der Waals surface area contributed by atoms with Crippen LogP contribution in [0.2, 0.25) is 0 Å². The fraction of sp³-hybridized carbons (Fsp3) is 0.379. The van der Waals surface area contributed by atoms with E-state index in [1.807, 2.05) is 190 Å². The van der Waals surface area contributed by atoms with Crippen molar-refractivity contribution >= 4 is 115 Å². The first-order chi connectivity index (χ1) is 53.5. The molecule has 0 bridgehead atoms. The number of nitrogens with one attached hydrogen (secondary N) is 6. The van der Waals surface area contributed by atoms with Gasteiger partial charge in [-0.25, -0.2) is 0 Å². The third kappa shape index (κ3) is 14.0. The third-order valence-corrected chi connectivity index (χ3v) is 23.3. The molecule has 3 fully saturated rings. The summed E-state index contributed by atoms with van der Waals surface area (Å²) in [6, 6.07) is 43.1. The third-order valence-electron chi connectivity index (χ3n) is 23.3. The van der Waals surface area contributed by atoms with Crippen molar-refractivity contribution in [2.24, 2.45) is 22.9 Å². The number of rotatable bonds is 17. The Morgan fingerprint density at radius 2 is 0.795 bits per heavy atom. The number of carbonyl (C=O) groups is 10. The van der Waals surface area contributed by atoms with Crippen molar-refractivity contribution in [2.75, 3.05) is 55.5 Å². The molecule has 0 aliphatic carbocycles. The Morgan fingerprint density at radius 3 is 1.12 bits per heavy atom. The molecule has 112 heavy (non-hydrogen) atoms. The summed E-state index contributed by atoms with van der Waals surface area (Å²) in [7, 11) is 5.19. The largest absolute Gasteiger partial charge is 0.411 e. The zero-order valence-electron chi connectivity index (χ0n) is 65.2. The van der Waals surface area contributed by atoms with Gasteiger partial charge >= 0.3 is 0 Å². The highest BCUT2D eigenvalue weighted by molar-refractivity contribution is 6.12. The van der Waals surface area contributed by atoms with Crippen molar-refractivity contribution in [3.8, 4) is 6.07 Å². The fourth-order valence-corrected chi connectivity index (χ4v) is 17.8. The average molecular weight is 1510 g/mol. The predicted octanol–water partition coefficient (Wildman–Crippen LogP) is 10.6. The number of nitrogens with zero attached hydrogens (tertiary/aromatic N) is 8. The second-order valence-corrected chi connectivity index (χ2v) is 32.2. The molecule has 6 aromatic carbocycles. The molecule has 3 aromatic heterocycles. The van der Waals surface area contributed by atoms with E-state index >= 15 is 0 Å². The summed E-state index contributed by atoms with van der Waals surface area (Å²) in [5.74, 6) is -2.08. The number of carbonyl (C=O) groups excluding carboxylic acids is 10. The van der Waals surface area contributed by atoms with Crippen molar-refractivity contribution < 1.29 is 53.2 Å². The lowest BCUT2D eigenvalue weighted by Gasteiger charge is -2.29. The van der Waals surface area contributed by atoms with Gasteiger partial charge in [-0.15, -0.1) is 0 Å². The van der Waals surface area contributed by atoms with Crippen molar-refractivity contribution in [1.29, 1.82) is 5.26 Å². The molecule has 580 valence electrons. The number of fused-ring (bicyclic) bond motifs is 9. The van der Waals surface area contributed by atoms with Gasteiger partial charge < -0.3 is 70.3 Å². The van der Waals surface area contributed by atoms with Crippen molar-refractivity contribution in [3.63, 3.8) is 0 Å². The maximum absolute atomic E-state index is 14.0. The van der Waals surface area contributed by atoms with Gasteiger partial charge in [-0.3, -0.25) is 43.2 Å². The first kappa shape index (κ1) is 77.9. The molecule has 6 aliphatic rings. The summed E-state index contributed by atoms with van der Waals surface area (Å²) in [6.45, 7) is 18.2. The molecule has 9 amide bonds. The number of aryl methyl sites for hydroxylation is 3. The van der Waals surface area contributed by atoms with Crippen LogP contribution in [0.15, 0.2) is 151 Å². The van der Waals surface area contributed by atoms with Gasteiger partial charge in [0.25, 0.3) is 17.7 Å². The van der Waals surface area contributed by atoms with E-state index in [9.17, 15) is 58.4 Å². The van der Waals surface area contributed by atoms with E-state index in [1.165, 1.54) is 16.0 Å². The second kappa shape index (κ2) is 30.9. The van der Waals surface area contributed by atoms with Gasteiger partial charge in [0.05, 0.1) is 40.6 Å². The highest BCUT2D eigenvalue weighted by Gasteiger charge is 2.61. The van der Waals surface area contributed by atoms with Gasteiger partial charge in [-0.2, -0.15) is 5.26 Å². The second-order valence-electron chi connectivity index (χ2n) is 32.2. The standard InChI is InChI=1S/C29H33N5O4.C29H31N5O3.C29H32N4O4/c1-17(2)12-24(32-26(35)23-13-20-18(3)8-7-10-22(20)31-23)27(36)34-16-29(14-19(34)15-30-38)21-9-5-6-11-25(21)33(4)28(29)37;1-17(2)12-24(32-26(35)23-13-20-18(3)8-7-10-22(20)31-23)27(36)34-16-29(14-19(34)15-30)21-9-5-6-11-25(21)33(4)28(29)37;1-17(2)12-24(31-26(35)23-13-20-18(3)8-7-10-22(20)30-23)27(36)33-16-29(14-19(33)15-34)21-9-5-6-11-25(21)32(4)28(29)37/h5-11,13,15,17,19,24,31,38H,12,14,16H2,1-4H3,(H,32,35);5-11,13,17,19,24,31H,12,14,16H2,1-4H3,(H,32,35);5-11,13,15,17,19,24,30H,12,14,16H2,1-4H3,(H,31,35)/b30-15+;;/t3*19-,24-,29-/m000/s1. The molecule has 9 atom stereocenters. The summed E-state index contributed by atoms with van der Waals surface area (Å²) >= 11 is 0. The molecule has 0 unspecified atom stereocenters. The molecule has 15 rings (SSSR count). The fourth-order valence-electron chi connectivity index (χ4n) is 17.8. The molecule has 9 heterocycles. The summed E-state index contributed by atoms with van der Waals surface area (Å²) in [5, 5.41) is 34.3. The average Bonchev–Trinajstić information content (AvgIpc) is 1.57. The topological polar surface area (TPSA) is 330 Å². The summed E-state index contributed by atoms with van der Waals surface area (Å²) in [5.41, 5.74) is 8.92. The Morgan fingerprint density at radius 1 is 0.482 bits per heavy atom. The van der Waals surface area contributed by atoms with E-state index in [1.54, 1.807) is 58.9 Å². The molecule has 3 spiro atoms. The number of oxime groups is 1. The monoisotopic (exact) mass is 1510 g/mol. The predicted molar refractivity (Wildman–Crippen MR) is 428 cm³/mol. The lowest BCUT2D eigenvalue weighted by molar-refractivity contribution is -0.137. The number of nitriles is 1. The number of likely N-dealkylation sites (N-methyl/N-ethyl adjacent to an activating group) is 3. The van der Waals surface area contributed by atoms with Crippen LogP contribution < -0.4 is 30.7 Å². The molecule has 3 saturated heterocycles. The van der Waals surface area contributed by atoms with Crippen molar-refractivity contribution in [1.82, 2.24) is 45.6 Å². The molecule has 9 aromatic rings. The van der Waals surface area contributed by atoms with Crippen LogP contribution in [0, 0.1) is 49.9 Å². The Kier molecular flexibility index (Phi) is 21.5. The highest BCUT2D eigenvalue weighted by Crippen LogP contribution is 2.52. The van der Waals surface area contributed by atoms with E-state index in [4.69, 9.17) is 0 Å². The number of para-hydroxylation sites is 3. The zero-order chi connectivity index (χ0) is 80.2. The van der Waals surface area contributed by atoms with Crippen LogP contribution in [0.5, 0.6) is 0 Å². The van der Waals surface area contributed by atoms with Crippen molar-refractivity contribution in [3.05, 3.63) is 196 Å². The van der Waals surface area contributed by atoms with Gasteiger partial charge in [0.2, 0.25) is 35.4 Å². The van der Waals surface area contributed by atoms with Crippen molar-refractivity contribution in [2.45, 2.75) is 153 Å². The lowest BCUT2D eigenvalue weighted by Crippen LogP contribution is -2.52. The van der Waals surface area contributed by atoms with Crippen LogP contribution >= 0.6 is 0 Å². The summed E-state index contributed by atoms with van der Waals surface area (Å²) < 4.78 is 0. The highest BCUT2D eigenvalue weighted by atomic mass is 16.4. The smallest absolute Gasteiger partial charge is 0.268 e. The number of amides is 9. The Balaban J connectivity index is 0.000000147. The van der Waals surface area contributed by atoms with E-state index in [0.717, 1.165) is 89.4 Å². The molecule has 25 heteroatoms. The van der Waals surface area contributed by atoms with Gasteiger partial charge in [0.1, 0.15) is 47.5 Å². The maximum atomic E-state index is 14.0. The number of likely N-dealkylation sites (tertiary alicyclic amines) is 3. The summed E-state index contributed by atoms with van der Waals surface area (Å²) in [4.78, 5) is 153. The normalized spacial score (nSPS) is 21.6. The minimum absolute atomic E-state index is 0.0942. The number of hydrogen-bond acceptors (Lipinski definition) is 13. The van der Waals surface area contributed by atoms with Crippen LogP contribution in [0.1, 0.15) is 145 Å². The Labute approximate surface area is 650 Å². The van der Waals surface area contributed by atoms with Gasteiger partial charge in [-0.05, 0) is 159 Å². The SMILES string of the molecule is Cc1cccc2[nH]c(C(=O)N[C@@H](CC(C)C)C(=O)N3C[C@]4(C[C@H]3/C=N/O)C(=O)N(C)c3ccccc34)cc12.Cc1cccc2[nH]c(C(=O)N[C@@H](CC(C)C)C(=O)N3C[C@]4(C[C@H]3C#N)C(=O)N(C)c3ccccc34)cc12.Cc1cccc2[nH]c(C(=O)N[C@@H](CC(C)C)C(=O)N3C[C@]4(C[C@H]3C=O)C(=O)N(C)c3ccccc34)cc12. The van der Waals surface area contributed by atoms with E-state index in [0.29, 0.717) is 42.8 Å². The maximum Gasteiger partial charge on any atom is 0.268 e. The Hall–Kier alpha value is -12.2. The number of aldehydes is 1. The molecular weight excluding hydrogens is 1420 g/mol. The van der Waals surface area contributed by atoms with Gasteiger partial charge in [0.15, 0.2) is 0 Å². The van der Waals surface area contributed by atoms with Crippen LogP contribution in [0.4, 0.5) is 17.1 Å². The molecule has 0 radical (unpaired) electrons. The number of anilines is 3. The molecular formula is C87H96N14O11. The molecule has 7 N–H and O–H groups in total. The van der Waals surface area contributed by atoms with Crippen LogP contribution in [-0.4, -0.2) is 178 Å². The number of aromatic nitrogens is 3. The first-order valence-electron chi connectivity index (χ1n) is 38.2. The molecule has 6 aliphatic heterocycles. The van der Waals surface area contributed by atoms with Gasteiger partial charge in [-0.1, -0.05) is 138 Å². The van der Waals surface area contributed by atoms with E-state index < -0.39 is 52.5 Å². The first-order valence-corrected chi connectivity index (χ1v) is 38.2. The number of H-pyrrole nitrogens is 3.